The number of carbonyl (C=O) groups excluding carboxylic acids is 2. The van der Waals surface area contributed by atoms with Crippen molar-refractivity contribution in [2.75, 3.05) is 13.2 Å². The molecule has 1 aromatic carbocycles. The van der Waals surface area contributed by atoms with Crippen molar-refractivity contribution in [1.82, 2.24) is 10.6 Å². The van der Waals surface area contributed by atoms with Crippen LogP contribution in [0.15, 0.2) is 30.3 Å². The van der Waals surface area contributed by atoms with Crippen molar-refractivity contribution in [1.29, 1.82) is 0 Å². The number of ether oxygens (including phenoxy) is 1. The van der Waals surface area contributed by atoms with Crippen molar-refractivity contribution >= 4 is 11.9 Å². The van der Waals surface area contributed by atoms with Gasteiger partial charge >= 0.3 is 5.97 Å². The SMILES string of the molecule is CCOC(=O)C(NC1CCCNC1=O)c1ccccc1. The molecule has 0 aromatic heterocycles. The summed E-state index contributed by atoms with van der Waals surface area (Å²) in [6.45, 7) is 2.79. The Morgan fingerprint density at radius 2 is 2.20 bits per heavy atom. The molecule has 2 rings (SSSR count). The molecule has 2 unspecified atom stereocenters. The molecule has 1 aliphatic heterocycles. The molecule has 1 heterocycles. The van der Waals surface area contributed by atoms with E-state index < -0.39 is 6.04 Å². The molecule has 5 nitrogen and oxygen atoms in total. The number of piperidine rings is 1. The van der Waals surface area contributed by atoms with E-state index in [1.807, 2.05) is 30.3 Å². The van der Waals surface area contributed by atoms with Gasteiger partial charge in [0.2, 0.25) is 5.91 Å². The van der Waals surface area contributed by atoms with Crippen LogP contribution >= 0.6 is 0 Å². The highest BCUT2D eigenvalue weighted by atomic mass is 16.5. The molecule has 1 saturated heterocycles. The maximum Gasteiger partial charge on any atom is 0.327 e. The van der Waals surface area contributed by atoms with E-state index in [-0.39, 0.29) is 17.9 Å². The highest BCUT2D eigenvalue weighted by Gasteiger charge is 2.29. The third-order valence-corrected chi connectivity index (χ3v) is 3.31. The van der Waals surface area contributed by atoms with Gasteiger partial charge in [-0.2, -0.15) is 0 Å². The van der Waals surface area contributed by atoms with Crippen LogP contribution in [0.4, 0.5) is 0 Å². The highest BCUT2D eigenvalue weighted by molar-refractivity contribution is 5.84. The first-order valence-corrected chi connectivity index (χ1v) is 6.97. The minimum Gasteiger partial charge on any atom is -0.465 e. The van der Waals surface area contributed by atoms with Crippen LogP contribution < -0.4 is 10.6 Å². The van der Waals surface area contributed by atoms with Crippen molar-refractivity contribution in [3.8, 4) is 0 Å². The largest absolute Gasteiger partial charge is 0.465 e. The summed E-state index contributed by atoms with van der Waals surface area (Å²) >= 11 is 0. The molecule has 1 amide bonds. The second-order valence-electron chi connectivity index (χ2n) is 4.75. The number of carbonyl (C=O) groups is 2. The van der Waals surface area contributed by atoms with Gasteiger partial charge in [0.15, 0.2) is 0 Å². The van der Waals surface area contributed by atoms with Gasteiger partial charge in [-0.15, -0.1) is 0 Å². The zero-order chi connectivity index (χ0) is 14.4. The zero-order valence-corrected chi connectivity index (χ0v) is 11.6. The predicted molar refractivity (Wildman–Crippen MR) is 75.0 cm³/mol. The van der Waals surface area contributed by atoms with Crippen LogP contribution in [0.3, 0.4) is 0 Å². The normalized spacial score (nSPS) is 20.1. The fourth-order valence-corrected chi connectivity index (χ4v) is 2.30. The van der Waals surface area contributed by atoms with Crippen LogP contribution in [0.25, 0.3) is 0 Å². The summed E-state index contributed by atoms with van der Waals surface area (Å²) in [5.41, 5.74) is 0.810. The lowest BCUT2D eigenvalue weighted by Gasteiger charge is -2.27. The number of hydrogen-bond acceptors (Lipinski definition) is 4. The van der Waals surface area contributed by atoms with E-state index >= 15 is 0 Å². The number of rotatable bonds is 5. The molecule has 2 N–H and O–H groups in total. The lowest BCUT2D eigenvalue weighted by atomic mass is 10.0. The fraction of sp³-hybridized carbons (Fsp3) is 0.467. The van der Waals surface area contributed by atoms with Gasteiger partial charge in [-0.1, -0.05) is 30.3 Å². The van der Waals surface area contributed by atoms with Gasteiger partial charge in [-0.25, -0.2) is 4.79 Å². The Balaban J connectivity index is 2.14. The highest BCUT2D eigenvalue weighted by Crippen LogP contribution is 2.17. The van der Waals surface area contributed by atoms with Crippen LogP contribution in [-0.4, -0.2) is 31.1 Å². The monoisotopic (exact) mass is 276 g/mol. The molecule has 0 bridgehead atoms. The number of benzene rings is 1. The number of amides is 1. The van der Waals surface area contributed by atoms with Crippen LogP contribution in [0.1, 0.15) is 31.4 Å². The van der Waals surface area contributed by atoms with Gasteiger partial charge in [0.1, 0.15) is 6.04 Å². The summed E-state index contributed by atoms with van der Waals surface area (Å²) in [5, 5.41) is 5.93. The van der Waals surface area contributed by atoms with Crippen molar-refractivity contribution < 1.29 is 14.3 Å². The summed E-state index contributed by atoms with van der Waals surface area (Å²) in [7, 11) is 0. The summed E-state index contributed by atoms with van der Waals surface area (Å²) in [6, 6.07) is 8.38. The molecule has 0 aliphatic carbocycles. The van der Waals surface area contributed by atoms with Gasteiger partial charge in [-0.3, -0.25) is 10.1 Å². The van der Waals surface area contributed by atoms with E-state index in [9.17, 15) is 9.59 Å². The van der Waals surface area contributed by atoms with E-state index in [1.54, 1.807) is 6.92 Å². The van der Waals surface area contributed by atoms with E-state index in [4.69, 9.17) is 4.74 Å². The first-order valence-electron chi connectivity index (χ1n) is 6.97. The Morgan fingerprint density at radius 3 is 2.85 bits per heavy atom. The predicted octanol–water partition coefficient (Wildman–Crippen LogP) is 1.16. The summed E-state index contributed by atoms with van der Waals surface area (Å²) in [4.78, 5) is 23.9. The van der Waals surface area contributed by atoms with Crippen molar-refractivity contribution in [3.05, 3.63) is 35.9 Å². The smallest absolute Gasteiger partial charge is 0.327 e. The van der Waals surface area contributed by atoms with Crippen molar-refractivity contribution in [2.24, 2.45) is 0 Å². The average Bonchev–Trinajstić information content (AvgIpc) is 2.47. The van der Waals surface area contributed by atoms with E-state index in [0.29, 0.717) is 13.2 Å². The molecule has 20 heavy (non-hydrogen) atoms. The standard InChI is InChI=1S/C15H20N2O3/c1-2-20-15(19)13(11-7-4-3-5-8-11)17-12-9-6-10-16-14(12)18/h3-5,7-8,12-13,17H,2,6,9-10H2,1H3,(H,16,18). The molecule has 0 spiro atoms. The van der Waals surface area contributed by atoms with Crippen LogP contribution in [0.5, 0.6) is 0 Å². The Hall–Kier alpha value is -1.88. The van der Waals surface area contributed by atoms with Crippen molar-refractivity contribution in [2.45, 2.75) is 31.8 Å². The van der Waals surface area contributed by atoms with Crippen LogP contribution in [0.2, 0.25) is 0 Å². The fourth-order valence-electron chi connectivity index (χ4n) is 2.30. The van der Waals surface area contributed by atoms with E-state index in [2.05, 4.69) is 10.6 Å². The van der Waals surface area contributed by atoms with Gasteiger partial charge < -0.3 is 10.1 Å². The molecule has 0 saturated carbocycles. The molecular formula is C15H20N2O3. The molecule has 0 radical (unpaired) electrons. The van der Waals surface area contributed by atoms with Gasteiger partial charge in [0, 0.05) is 6.54 Å². The lowest BCUT2D eigenvalue weighted by molar-refractivity contribution is -0.146. The maximum atomic E-state index is 12.1. The quantitative estimate of drug-likeness (QED) is 0.792. The summed E-state index contributed by atoms with van der Waals surface area (Å²) in [5.74, 6) is -0.404. The minimum absolute atomic E-state index is 0.0542. The molecule has 5 heteroatoms. The van der Waals surface area contributed by atoms with Gasteiger partial charge in [0.25, 0.3) is 0 Å². The number of esters is 1. The molecule has 2 atom stereocenters. The molecule has 1 fully saturated rings. The number of nitrogens with one attached hydrogen (secondary N) is 2. The first kappa shape index (κ1) is 14.5. The van der Waals surface area contributed by atoms with E-state index in [1.165, 1.54) is 0 Å². The Labute approximate surface area is 118 Å². The second-order valence-corrected chi connectivity index (χ2v) is 4.75. The Bertz CT molecular complexity index is 461. The minimum atomic E-state index is -0.606. The molecule has 1 aromatic rings. The molecule has 1 aliphatic rings. The number of hydrogen-bond donors (Lipinski definition) is 2. The first-order chi connectivity index (χ1) is 9.72. The van der Waals surface area contributed by atoms with Gasteiger partial charge in [0.05, 0.1) is 12.6 Å². The summed E-state index contributed by atoms with van der Waals surface area (Å²) in [6.07, 6.45) is 1.64. The van der Waals surface area contributed by atoms with Crippen LogP contribution in [-0.2, 0) is 14.3 Å². The van der Waals surface area contributed by atoms with Crippen molar-refractivity contribution in [3.63, 3.8) is 0 Å². The van der Waals surface area contributed by atoms with E-state index in [0.717, 1.165) is 18.4 Å². The van der Waals surface area contributed by atoms with Gasteiger partial charge in [-0.05, 0) is 25.3 Å². The average molecular weight is 276 g/mol. The second kappa shape index (κ2) is 7.05. The summed E-state index contributed by atoms with van der Waals surface area (Å²) < 4.78 is 5.10. The lowest BCUT2D eigenvalue weighted by Crippen LogP contribution is -2.50. The third-order valence-electron chi connectivity index (χ3n) is 3.31. The maximum absolute atomic E-state index is 12.1. The third kappa shape index (κ3) is 3.57. The zero-order valence-electron chi connectivity index (χ0n) is 11.6. The van der Waals surface area contributed by atoms with Crippen LogP contribution in [0, 0.1) is 0 Å². The Morgan fingerprint density at radius 1 is 1.45 bits per heavy atom. The topological polar surface area (TPSA) is 67.4 Å². The molecule has 108 valence electrons. The Kier molecular flexibility index (Phi) is 5.12. The molecular weight excluding hydrogens is 256 g/mol.